The van der Waals surface area contributed by atoms with E-state index in [-0.39, 0.29) is 13.0 Å². The zero-order chi connectivity index (χ0) is 22.1. The number of nitrogens with zero attached hydrogens (tertiary/aromatic N) is 2. The van der Waals surface area contributed by atoms with Crippen LogP contribution < -0.4 is 0 Å². The second kappa shape index (κ2) is 8.81. The van der Waals surface area contributed by atoms with Gasteiger partial charge in [0, 0.05) is 6.42 Å². The van der Waals surface area contributed by atoms with Gasteiger partial charge in [0.05, 0.1) is 22.6 Å². The quantitative estimate of drug-likeness (QED) is 0.771. The molecule has 8 heteroatoms. The molecule has 0 aliphatic carbocycles. The van der Waals surface area contributed by atoms with Crippen LogP contribution in [0.5, 0.6) is 0 Å². The zero-order valence-corrected chi connectivity index (χ0v) is 18.4. The Balaban J connectivity index is 1.65. The molecular weight excluding hydrogens is 407 g/mol. The van der Waals surface area contributed by atoms with Crippen LogP contribution in [-0.2, 0) is 16.0 Å². The van der Waals surface area contributed by atoms with Crippen LogP contribution >= 0.6 is 11.3 Å². The summed E-state index contributed by atoms with van der Waals surface area (Å²) in [4.78, 5) is 31.5. The number of halogens is 1. The van der Waals surface area contributed by atoms with E-state index in [1.807, 2.05) is 31.2 Å². The molecule has 2 aromatic rings. The molecule has 0 saturated carbocycles. The van der Waals surface area contributed by atoms with Crippen molar-refractivity contribution in [3.05, 3.63) is 41.0 Å². The normalized spacial score (nSPS) is 21.7. The van der Waals surface area contributed by atoms with Gasteiger partial charge < -0.3 is 9.84 Å². The van der Waals surface area contributed by atoms with Gasteiger partial charge in [-0.15, -0.1) is 11.3 Å². The summed E-state index contributed by atoms with van der Waals surface area (Å²) in [7, 11) is 0. The van der Waals surface area contributed by atoms with E-state index in [1.165, 1.54) is 0 Å². The fourth-order valence-corrected chi connectivity index (χ4v) is 4.29. The molecule has 1 N–H and O–H groups in total. The number of Topliss-reactive ketones (excluding diaryl/α,β-unsaturated/α-hetero) is 1. The number of β-amino-alcohol motifs (C(OH)–C–C–N with tert-alkyl or cyclic N) is 1. The Morgan fingerprint density at radius 2 is 1.97 bits per heavy atom. The van der Waals surface area contributed by atoms with E-state index in [0.29, 0.717) is 6.42 Å². The van der Waals surface area contributed by atoms with Crippen molar-refractivity contribution in [2.75, 3.05) is 6.54 Å². The van der Waals surface area contributed by atoms with E-state index in [1.54, 1.807) is 37.6 Å². The van der Waals surface area contributed by atoms with Crippen LogP contribution in [0.4, 0.5) is 9.18 Å². The lowest BCUT2D eigenvalue weighted by Crippen LogP contribution is -2.46. The average molecular weight is 435 g/mol. The highest BCUT2D eigenvalue weighted by Gasteiger charge is 2.48. The molecule has 3 atom stereocenters. The molecule has 3 rings (SSSR count). The SMILES string of the molecule is Cc1ncsc1-c1ccc(CCC(=O)[C@@H]2[C@H](F)[C@@H](O)CN2C(=O)OC(C)(C)C)cc1. The molecule has 1 aliphatic heterocycles. The second-order valence-corrected chi connectivity index (χ2v) is 9.37. The number of ketones is 1. The van der Waals surface area contributed by atoms with Crippen LogP contribution in [0.3, 0.4) is 0 Å². The maximum atomic E-state index is 14.5. The van der Waals surface area contributed by atoms with Gasteiger partial charge in [-0.25, -0.2) is 14.2 Å². The van der Waals surface area contributed by atoms with Gasteiger partial charge in [-0.1, -0.05) is 24.3 Å². The van der Waals surface area contributed by atoms with E-state index < -0.39 is 35.8 Å². The van der Waals surface area contributed by atoms with Gasteiger partial charge >= 0.3 is 6.09 Å². The van der Waals surface area contributed by atoms with Gasteiger partial charge in [-0.05, 0) is 45.2 Å². The van der Waals surface area contributed by atoms with Crippen LogP contribution in [0.15, 0.2) is 29.8 Å². The maximum absolute atomic E-state index is 14.5. The number of aryl methyl sites for hydroxylation is 2. The van der Waals surface area contributed by atoms with Crippen molar-refractivity contribution in [2.45, 2.75) is 64.5 Å². The number of carbonyl (C=O) groups excluding carboxylic acids is 2. The van der Waals surface area contributed by atoms with Crippen LogP contribution in [-0.4, -0.2) is 57.3 Å². The molecule has 1 saturated heterocycles. The number of likely N-dealkylation sites (tertiary alicyclic amines) is 1. The maximum Gasteiger partial charge on any atom is 0.411 e. The summed E-state index contributed by atoms with van der Waals surface area (Å²) in [5.41, 5.74) is 3.99. The lowest BCUT2D eigenvalue weighted by atomic mass is 9.99. The molecular formula is C22H27FN2O4S. The van der Waals surface area contributed by atoms with Crippen molar-refractivity contribution in [3.8, 4) is 10.4 Å². The number of aliphatic hydroxyl groups excluding tert-OH is 1. The van der Waals surface area contributed by atoms with Gasteiger partial charge in [-0.3, -0.25) is 9.69 Å². The summed E-state index contributed by atoms with van der Waals surface area (Å²) >= 11 is 1.57. The van der Waals surface area contributed by atoms with Crippen molar-refractivity contribution >= 4 is 23.2 Å². The highest BCUT2D eigenvalue weighted by molar-refractivity contribution is 7.13. The van der Waals surface area contributed by atoms with Gasteiger partial charge in [0.25, 0.3) is 0 Å². The summed E-state index contributed by atoms with van der Waals surface area (Å²) < 4.78 is 19.8. The predicted octanol–water partition coefficient (Wildman–Crippen LogP) is 3.94. The average Bonchev–Trinajstić information content (AvgIpc) is 3.22. The smallest absolute Gasteiger partial charge is 0.411 e. The molecule has 2 heterocycles. The minimum absolute atomic E-state index is 0.0655. The summed E-state index contributed by atoms with van der Waals surface area (Å²) in [6.07, 6.45) is -3.52. The molecule has 0 radical (unpaired) electrons. The van der Waals surface area contributed by atoms with Gasteiger partial charge in [0.1, 0.15) is 17.7 Å². The molecule has 1 aromatic carbocycles. The minimum Gasteiger partial charge on any atom is -0.444 e. The number of hydrogen-bond donors (Lipinski definition) is 1. The molecule has 0 bridgehead atoms. The summed E-state index contributed by atoms with van der Waals surface area (Å²) in [5.74, 6) is -0.424. The standard InChI is InChI=1S/C22H27FN2O4S/c1-13-20(30-12-24-13)15-8-5-14(6-9-15)7-10-16(26)19-18(23)17(27)11-25(19)21(28)29-22(2,3)4/h5-6,8-9,12,17-19,27H,7,10-11H2,1-4H3/t17-,18+,19+/m0/s1. The Bertz CT molecular complexity index is 907. The first-order chi connectivity index (χ1) is 14.1. The zero-order valence-electron chi connectivity index (χ0n) is 17.6. The van der Waals surface area contributed by atoms with E-state index >= 15 is 0 Å². The van der Waals surface area contributed by atoms with E-state index in [9.17, 15) is 19.1 Å². The monoisotopic (exact) mass is 434 g/mol. The number of alkyl halides is 1. The first-order valence-electron chi connectivity index (χ1n) is 9.90. The molecule has 162 valence electrons. The number of hydrogen-bond acceptors (Lipinski definition) is 6. The third-order valence-corrected chi connectivity index (χ3v) is 5.95. The molecule has 6 nitrogen and oxygen atoms in total. The third kappa shape index (κ3) is 5.05. The van der Waals surface area contributed by atoms with Crippen molar-refractivity contribution < 1.29 is 23.8 Å². The molecule has 30 heavy (non-hydrogen) atoms. The predicted molar refractivity (Wildman–Crippen MR) is 113 cm³/mol. The van der Waals surface area contributed by atoms with Crippen molar-refractivity contribution in [2.24, 2.45) is 0 Å². The number of thiazole rings is 1. The Labute approximate surface area is 179 Å². The summed E-state index contributed by atoms with van der Waals surface area (Å²) in [6.45, 7) is 6.78. The fourth-order valence-electron chi connectivity index (χ4n) is 3.48. The van der Waals surface area contributed by atoms with Gasteiger partial charge in [0.15, 0.2) is 12.0 Å². The van der Waals surface area contributed by atoms with Crippen LogP contribution in [0.1, 0.15) is 38.4 Å². The van der Waals surface area contributed by atoms with Gasteiger partial charge in [0.2, 0.25) is 0 Å². The second-order valence-electron chi connectivity index (χ2n) is 8.52. The van der Waals surface area contributed by atoms with Crippen molar-refractivity contribution in [1.29, 1.82) is 0 Å². The lowest BCUT2D eigenvalue weighted by molar-refractivity contribution is -0.125. The van der Waals surface area contributed by atoms with E-state index in [0.717, 1.165) is 26.6 Å². The van der Waals surface area contributed by atoms with Crippen LogP contribution in [0.25, 0.3) is 10.4 Å². The Hall–Kier alpha value is -2.32. The van der Waals surface area contributed by atoms with Crippen molar-refractivity contribution in [3.63, 3.8) is 0 Å². The van der Waals surface area contributed by atoms with Crippen LogP contribution in [0, 0.1) is 6.92 Å². The number of amides is 1. The molecule has 1 aromatic heterocycles. The number of benzene rings is 1. The first kappa shape index (κ1) is 22.4. The Kier molecular flexibility index (Phi) is 6.57. The minimum atomic E-state index is -1.82. The highest BCUT2D eigenvalue weighted by Crippen LogP contribution is 2.28. The van der Waals surface area contributed by atoms with Crippen molar-refractivity contribution in [1.82, 2.24) is 9.88 Å². The van der Waals surface area contributed by atoms with Crippen LogP contribution in [0.2, 0.25) is 0 Å². The molecule has 0 spiro atoms. The number of rotatable bonds is 5. The van der Waals surface area contributed by atoms with E-state index in [4.69, 9.17) is 4.74 Å². The fraction of sp³-hybridized carbons (Fsp3) is 0.500. The molecule has 0 unspecified atom stereocenters. The largest absolute Gasteiger partial charge is 0.444 e. The Morgan fingerprint density at radius 1 is 1.30 bits per heavy atom. The summed E-state index contributed by atoms with van der Waals surface area (Å²) in [5, 5.41) is 9.88. The molecule has 1 aliphatic rings. The molecule has 1 fully saturated rings. The highest BCUT2D eigenvalue weighted by atomic mass is 32.1. The third-order valence-electron chi connectivity index (χ3n) is 4.97. The lowest BCUT2D eigenvalue weighted by Gasteiger charge is -2.28. The molecule has 1 amide bonds. The number of aliphatic hydroxyl groups is 1. The van der Waals surface area contributed by atoms with E-state index in [2.05, 4.69) is 4.98 Å². The number of carbonyl (C=O) groups is 2. The summed E-state index contributed by atoms with van der Waals surface area (Å²) in [6, 6.07) is 6.50. The topological polar surface area (TPSA) is 79.7 Å². The Morgan fingerprint density at radius 3 is 2.53 bits per heavy atom. The number of aromatic nitrogens is 1. The first-order valence-corrected chi connectivity index (χ1v) is 10.8. The van der Waals surface area contributed by atoms with Gasteiger partial charge in [-0.2, -0.15) is 0 Å². The number of ether oxygens (including phenoxy) is 1.